The molecule has 1 aliphatic carbocycles. The van der Waals surface area contributed by atoms with Gasteiger partial charge in [-0.05, 0) is 37.1 Å². The highest BCUT2D eigenvalue weighted by molar-refractivity contribution is 9.10. The van der Waals surface area contributed by atoms with Crippen molar-refractivity contribution in [2.45, 2.75) is 36.9 Å². The molecule has 4 rings (SSSR count). The molecule has 0 aliphatic heterocycles. The number of benzene rings is 1. The van der Waals surface area contributed by atoms with Crippen LogP contribution in [0.4, 0.5) is 5.82 Å². The molecular formula is C18H18BrN5O2S. The van der Waals surface area contributed by atoms with Gasteiger partial charge in [-0.3, -0.25) is 4.79 Å². The van der Waals surface area contributed by atoms with Crippen LogP contribution in [0.25, 0.3) is 11.5 Å². The molecule has 9 heteroatoms. The number of nitrogens with zero attached hydrogens (tertiary/aromatic N) is 4. The molecule has 2 aromatic heterocycles. The zero-order chi connectivity index (χ0) is 18.6. The number of hydrogen-bond donors (Lipinski definition) is 1. The lowest BCUT2D eigenvalue weighted by Crippen LogP contribution is -2.19. The SMILES string of the molecule is O=C(CSc1nnc(-c2ccc(Br)cc2)o1)Nc1ccnn1C1CCCC1. The molecule has 1 aromatic carbocycles. The van der Waals surface area contributed by atoms with Crippen LogP contribution in [0, 0.1) is 0 Å². The summed E-state index contributed by atoms with van der Waals surface area (Å²) in [5, 5.41) is 15.7. The average Bonchev–Trinajstić information content (AvgIpc) is 3.42. The highest BCUT2D eigenvalue weighted by atomic mass is 79.9. The van der Waals surface area contributed by atoms with Gasteiger partial charge in [-0.1, -0.05) is 40.5 Å². The number of thioether (sulfide) groups is 1. The first-order chi connectivity index (χ1) is 13.2. The molecule has 1 saturated carbocycles. The first kappa shape index (κ1) is 18.2. The Balaban J connectivity index is 1.33. The molecule has 1 aliphatic rings. The minimum absolute atomic E-state index is 0.122. The second-order valence-electron chi connectivity index (χ2n) is 6.32. The quantitative estimate of drug-likeness (QED) is 0.558. The Morgan fingerprint density at radius 3 is 2.78 bits per heavy atom. The van der Waals surface area contributed by atoms with Crippen molar-refractivity contribution in [3.63, 3.8) is 0 Å². The van der Waals surface area contributed by atoms with E-state index < -0.39 is 0 Å². The Hall–Kier alpha value is -2.13. The summed E-state index contributed by atoms with van der Waals surface area (Å²) in [4.78, 5) is 12.3. The second-order valence-corrected chi connectivity index (χ2v) is 8.16. The molecule has 0 bridgehead atoms. The molecule has 27 heavy (non-hydrogen) atoms. The molecule has 1 N–H and O–H groups in total. The summed E-state index contributed by atoms with van der Waals surface area (Å²) in [5.74, 6) is 1.25. The van der Waals surface area contributed by atoms with E-state index in [-0.39, 0.29) is 11.7 Å². The number of anilines is 1. The lowest BCUT2D eigenvalue weighted by molar-refractivity contribution is -0.113. The highest BCUT2D eigenvalue weighted by Gasteiger charge is 2.20. The molecule has 0 saturated heterocycles. The maximum absolute atomic E-state index is 12.3. The molecule has 140 valence electrons. The maximum Gasteiger partial charge on any atom is 0.277 e. The number of carbonyl (C=O) groups excluding carboxylic acids is 1. The number of carbonyl (C=O) groups is 1. The van der Waals surface area contributed by atoms with E-state index in [9.17, 15) is 4.79 Å². The topological polar surface area (TPSA) is 85.8 Å². The number of rotatable bonds is 6. The lowest BCUT2D eigenvalue weighted by atomic mass is 10.2. The predicted molar refractivity (Wildman–Crippen MR) is 107 cm³/mol. The number of halogens is 1. The summed E-state index contributed by atoms with van der Waals surface area (Å²) >= 11 is 4.61. The van der Waals surface area contributed by atoms with E-state index in [4.69, 9.17) is 4.42 Å². The van der Waals surface area contributed by atoms with E-state index in [2.05, 4.69) is 36.5 Å². The van der Waals surface area contributed by atoms with Gasteiger partial charge in [-0.25, -0.2) is 4.68 Å². The van der Waals surface area contributed by atoms with E-state index in [0.717, 1.165) is 28.7 Å². The maximum atomic E-state index is 12.3. The smallest absolute Gasteiger partial charge is 0.277 e. The van der Waals surface area contributed by atoms with Crippen LogP contribution in [-0.4, -0.2) is 31.6 Å². The van der Waals surface area contributed by atoms with Crippen LogP contribution in [0.5, 0.6) is 0 Å². The van der Waals surface area contributed by atoms with Crippen LogP contribution in [-0.2, 0) is 4.79 Å². The highest BCUT2D eigenvalue weighted by Crippen LogP contribution is 2.31. The summed E-state index contributed by atoms with van der Waals surface area (Å²) < 4.78 is 8.53. The second kappa shape index (κ2) is 8.26. The van der Waals surface area contributed by atoms with Crippen LogP contribution in [0.2, 0.25) is 0 Å². The first-order valence-electron chi connectivity index (χ1n) is 8.74. The first-order valence-corrected chi connectivity index (χ1v) is 10.5. The Morgan fingerprint density at radius 1 is 1.22 bits per heavy atom. The van der Waals surface area contributed by atoms with Crippen molar-refractivity contribution in [1.29, 1.82) is 0 Å². The Labute approximate surface area is 169 Å². The van der Waals surface area contributed by atoms with Crippen LogP contribution in [0.1, 0.15) is 31.7 Å². The Kier molecular flexibility index (Phi) is 5.58. The molecule has 1 fully saturated rings. The number of hydrogen-bond acceptors (Lipinski definition) is 6. The van der Waals surface area contributed by atoms with Gasteiger partial charge in [0.1, 0.15) is 5.82 Å². The molecule has 3 aromatic rings. The van der Waals surface area contributed by atoms with Crippen LogP contribution >= 0.6 is 27.7 Å². The summed E-state index contributed by atoms with van der Waals surface area (Å²) in [7, 11) is 0. The van der Waals surface area contributed by atoms with Gasteiger partial charge in [0.25, 0.3) is 5.22 Å². The fourth-order valence-corrected chi connectivity index (χ4v) is 3.96. The number of amides is 1. The third kappa shape index (κ3) is 4.41. The van der Waals surface area contributed by atoms with E-state index in [0.29, 0.717) is 17.2 Å². The molecule has 0 atom stereocenters. The molecule has 7 nitrogen and oxygen atoms in total. The van der Waals surface area contributed by atoms with Crippen LogP contribution in [0.15, 0.2) is 50.6 Å². The Bertz CT molecular complexity index is 918. The van der Waals surface area contributed by atoms with Crippen molar-refractivity contribution in [1.82, 2.24) is 20.0 Å². The average molecular weight is 448 g/mol. The van der Waals surface area contributed by atoms with Crippen molar-refractivity contribution in [2.75, 3.05) is 11.1 Å². The molecule has 1 amide bonds. The predicted octanol–water partition coefficient (Wildman–Crippen LogP) is 4.54. The van der Waals surface area contributed by atoms with Crippen LogP contribution in [0.3, 0.4) is 0 Å². The summed E-state index contributed by atoms with van der Waals surface area (Å²) in [6, 6.07) is 9.82. The molecular weight excluding hydrogens is 430 g/mol. The minimum Gasteiger partial charge on any atom is -0.411 e. The largest absolute Gasteiger partial charge is 0.411 e. The number of nitrogens with one attached hydrogen (secondary N) is 1. The fourth-order valence-electron chi connectivity index (χ4n) is 3.14. The summed E-state index contributed by atoms with van der Waals surface area (Å²) in [6.07, 6.45) is 6.38. The van der Waals surface area contributed by atoms with E-state index in [1.807, 2.05) is 35.0 Å². The van der Waals surface area contributed by atoms with E-state index >= 15 is 0 Å². The monoisotopic (exact) mass is 447 g/mol. The van der Waals surface area contributed by atoms with Gasteiger partial charge in [-0.2, -0.15) is 5.10 Å². The molecule has 0 spiro atoms. The van der Waals surface area contributed by atoms with Crippen molar-refractivity contribution >= 4 is 39.4 Å². The molecule has 2 heterocycles. The van der Waals surface area contributed by atoms with Crippen molar-refractivity contribution in [3.05, 3.63) is 41.0 Å². The van der Waals surface area contributed by atoms with Crippen molar-refractivity contribution in [3.8, 4) is 11.5 Å². The molecule has 0 radical (unpaired) electrons. The van der Waals surface area contributed by atoms with Gasteiger partial charge >= 0.3 is 0 Å². The third-order valence-electron chi connectivity index (χ3n) is 4.43. The normalized spacial score (nSPS) is 14.6. The van der Waals surface area contributed by atoms with Crippen molar-refractivity contribution < 1.29 is 9.21 Å². The zero-order valence-electron chi connectivity index (χ0n) is 14.5. The number of aromatic nitrogens is 4. The van der Waals surface area contributed by atoms with E-state index in [1.165, 1.54) is 24.6 Å². The summed E-state index contributed by atoms with van der Waals surface area (Å²) in [5.41, 5.74) is 0.836. The fraction of sp³-hybridized carbons (Fsp3) is 0.333. The standard InChI is InChI=1S/C18H18BrN5O2S/c19-13-7-5-12(6-8-13)17-22-23-18(26-17)27-11-16(25)21-15-9-10-20-24(15)14-3-1-2-4-14/h5-10,14H,1-4,11H2,(H,21,25). The lowest BCUT2D eigenvalue weighted by Gasteiger charge is -2.14. The summed E-state index contributed by atoms with van der Waals surface area (Å²) in [6.45, 7) is 0. The van der Waals surface area contributed by atoms with Crippen LogP contribution < -0.4 is 5.32 Å². The van der Waals surface area contributed by atoms with E-state index in [1.54, 1.807) is 6.20 Å². The van der Waals surface area contributed by atoms with Gasteiger partial charge in [-0.15, -0.1) is 10.2 Å². The molecule has 0 unspecified atom stereocenters. The van der Waals surface area contributed by atoms with Gasteiger partial charge in [0.2, 0.25) is 11.8 Å². The van der Waals surface area contributed by atoms with Gasteiger partial charge in [0, 0.05) is 16.1 Å². The zero-order valence-corrected chi connectivity index (χ0v) is 16.9. The minimum atomic E-state index is -0.122. The Morgan fingerprint density at radius 2 is 2.00 bits per heavy atom. The van der Waals surface area contributed by atoms with Gasteiger partial charge in [0.05, 0.1) is 18.0 Å². The van der Waals surface area contributed by atoms with Gasteiger partial charge < -0.3 is 9.73 Å². The van der Waals surface area contributed by atoms with Gasteiger partial charge in [0.15, 0.2) is 0 Å². The third-order valence-corrected chi connectivity index (χ3v) is 5.78. The van der Waals surface area contributed by atoms with Crippen molar-refractivity contribution in [2.24, 2.45) is 0 Å².